The van der Waals surface area contributed by atoms with E-state index in [1.54, 1.807) is 5.56 Å². The van der Waals surface area contributed by atoms with Crippen LogP contribution in [0.2, 0.25) is 0 Å². The SMILES string of the molecule is CC1(C)c2ccccc2-c2cc(-c3cccc4ccccc34)c(C(c3ccc(C4CC5CCC4C5)cc3)c3ccc4ccc(C5CCCCC5)cc4c3)cc21. The molecule has 0 N–H and O–H groups in total. The largest absolute Gasteiger partial charge is 0.0619 e. The maximum absolute atomic E-state index is 2.63. The molecule has 0 nitrogen and oxygen atoms in total. The number of hydrogen-bond acceptors (Lipinski definition) is 0. The molecule has 4 aliphatic rings. The maximum Gasteiger partial charge on any atom is 0.0346 e. The Morgan fingerprint density at radius 3 is 2.07 bits per heavy atom. The van der Waals surface area contributed by atoms with Gasteiger partial charge in [0.25, 0.3) is 0 Å². The summed E-state index contributed by atoms with van der Waals surface area (Å²) in [6.45, 7) is 4.86. The van der Waals surface area contributed by atoms with Gasteiger partial charge in [-0.1, -0.05) is 173 Å². The van der Waals surface area contributed by atoms with Crippen molar-refractivity contribution in [3.05, 3.63) is 178 Å². The van der Waals surface area contributed by atoms with Crippen LogP contribution in [0.5, 0.6) is 0 Å². The molecular formula is C55H52. The molecule has 0 aliphatic heterocycles. The molecule has 4 atom stereocenters. The normalized spacial score (nSPS) is 21.9. The third-order valence-corrected chi connectivity index (χ3v) is 14.9. The van der Waals surface area contributed by atoms with Crippen molar-refractivity contribution in [2.24, 2.45) is 11.8 Å². The zero-order valence-corrected chi connectivity index (χ0v) is 32.5. The summed E-state index contributed by atoms with van der Waals surface area (Å²) in [5.41, 5.74) is 15.5. The van der Waals surface area contributed by atoms with Gasteiger partial charge in [0, 0.05) is 11.3 Å². The summed E-state index contributed by atoms with van der Waals surface area (Å²) in [4.78, 5) is 0. The minimum atomic E-state index is -0.0908. The average Bonchev–Trinajstić information content (AvgIpc) is 3.94. The molecule has 0 saturated heterocycles. The lowest BCUT2D eigenvalue weighted by atomic mass is 9.75. The quantitative estimate of drug-likeness (QED) is 0.151. The minimum Gasteiger partial charge on any atom is -0.0619 e. The Kier molecular flexibility index (Phi) is 7.95. The Labute approximate surface area is 327 Å². The lowest BCUT2D eigenvalue weighted by Crippen LogP contribution is -2.16. The van der Waals surface area contributed by atoms with Crippen LogP contribution in [-0.2, 0) is 5.41 Å². The van der Waals surface area contributed by atoms with Gasteiger partial charge < -0.3 is 0 Å². The molecule has 0 heteroatoms. The molecule has 7 aromatic rings. The van der Waals surface area contributed by atoms with Gasteiger partial charge >= 0.3 is 0 Å². The molecular weight excluding hydrogens is 661 g/mol. The van der Waals surface area contributed by atoms with Gasteiger partial charge in [-0.15, -0.1) is 0 Å². The van der Waals surface area contributed by atoms with Gasteiger partial charge in [0.15, 0.2) is 0 Å². The first kappa shape index (κ1) is 33.4. The highest BCUT2D eigenvalue weighted by atomic mass is 14.5. The first-order chi connectivity index (χ1) is 27.0. The highest BCUT2D eigenvalue weighted by Gasteiger charge is 2.40. The lowest BCUT2D eigenvalue weighted by Gasteiger charge is -2.28. The van der Waals surface area contributed by atoms with Gasteiger partial charge in [-0.25, -0.2) is 0 Å². The minimum absolute atomic E-state index is 0.0793. The van der Waals surface area contributed by atoms with Crippen LogP contribution in [0.3, 0.4) is 0 Å². The van der Waals surface area contributed by atoms with E-state index in [0.29, 0.717) is 5.92 Å². The van der Waals surface area contributed by atoms with E-state index in [-0.39, 0.29) is 11.3 Å². The van der Waals surface area contributed by atoms with Gasteiger partial charge in [-0.2, -0.15) is 0 Å². The van der Waals surface area contributed by atoms with Gasteiger partial charge in [-0.3, -0.25) is 0 Å². The van der Waals surface area contributed by atoms with Crippen molar-refractivity contribution < 1.29 is 0 Å². The zero-order valence-electron chi connectivity index (χ0n) is 32.5. The Hall–Kier alpha value is -4.94. The van der Waals surface area contributed by atoms with Crippen LogP contribution < -0.4 is 0 Å². The van der Waals surface area contributed by atoms with Crippen molar-refractivity contribution in [3.63, 3.8) is 0 Å². The third kappa shape index (κ3) is 5.54. The van der Waals surface area contributed by atoms with Gasteiger partial charge in [0.05, 0.1) is 0 Å². The van der Waals surface area contributed by atoms with Crippen LogP contribution >= 0.6 is 0 Å². The Morgan fingerprint density at radius 1 is 0.491 bits per heavy atom. The van der Waals surface area contributed by atoms with Crippen LogP contribution in [0.4, 0.5) is 0 Å². The van der Waals surface area contributed by atoms with E-state index < -0.39 is 0 Å². The summed E-state index contributed by atoms with van der Waals surface area (Å²) < 4.78 is 0. The second-order valence-corrected chi connectivity index (χ2v) is 18.3. The molecule has 2 bridgehead atoms. The fourth-order valence-electron chi connectivity index (χ4n) is 12.0. The predicted octanol–water partition coefficient (Wildman–Crippen LogP) is 15.1. The third-order valence-electron chi connectivity index (χ3n) is 14.9. The first-order valence-corrected chi connectivity index (χ1v) is 21.4. The summed E-state index contributed by atoms with van der Waals surface area (Å²) in [6.07, 6.45) is 12.4. The van der Waals surface area contributed by atoms with Crippen molar-refractivity contribution in [1.29, 1.82) is 0 Å². The fraction of sp³-hybridized carbons (Fsp3) is 0.309. The van der Waals surface area contributed by atoms with Gasteiger partial charge in [-0.05, 0) is 145 Å². The molecule has 4 unspecified atom stereocenters. The maximum atomic E-state index is 2.63. The van der Waals surface area contributed by atoms with E-state index in [2.05, 4.69) is 153 Å². The van der Waals surface area contributed by atoms with Crippen molar-refractivity contribution in [3.8, 4) is 22.3 Å². The standard InChI is InChI=1S/C55H52/c1-55(2)52-18-9-8-16-47(52)50-33-49(46-17-10-14-38-13-6-7-15-45(38)46)51(34-53(50)55)54(40-25-23-39(24-26-40)48-30-35-19-20-42(48)29-35)43-28-22-37-21-27-41(31-44(37)32-43)36-11-4-3-5-12-36/h6-10,13-18,21-28,31-36,42,48,54H,3-5,11-12,19-20,29-30H2,1-2H3. The molecule has 0 aromatic heterocycles. The van der Waals surface area contributed by atoms with Crippen molar-refractivity contribution in [2.45, 2.75) is 94.8 Å². The van der Waals surface area contributed by atoms with E-state index in [0.717, 1.165) is 17.8 Å². The molecule has 3 fully saturated rings. The van der Waals surface area contributed by atoms with E-state index >= 15 is 0 Å². The van der Waals surface area contributed by atoms with E-state index in [9.17, 15) is 0 Å². The first-order valence-electron chi connectivity index (χ1n) is 21.4. The van der Waals surface area contributed by atoms with Crippen molar-refractivity contribution >= 4 is 21.5 Å². The molecule has 272 valence electrons. The topological polar surface area (TPSA) is 0 Å². The molecule has 55 heavy (non-hydrogen) atoms. The molecule has 0 heterocycles. The highest BCUT2D eigenvalue weighted by Crippen LogP contribution is 2.55. The van der Waals surface area contributed by atoms with Crippen molar-refractivity contribution in [2.75, 3.05) is 0 Å². The average molecular weight is 713 g/mol. The second-order valence-electron chi connectivity index (χ2n) is 18.3. The Morgan fingerprint density at radius 2 is 1.24 bits per heavy atom. The summed E-state index contributed by atoms with van der Waals surface area (Å²) in [6, 6.07) is 55.0. The van der Waals surface area contributed by atoms with Crippen molar-refractivity contribution in [1.82, 2.24) is 0 Å². The molecule has 7 aromatic carbocycles. The van der Waals surface area contributed by atoms with E-state index in [4.69, 9.17) is 0 Å². The summed E-state index contributed by atoms with van der Waals surface area (Å²) in [5, 5.41) is 5.33. The smallest absolute Gasteiger partial charge is 0.0346 e. The summed E-state index contributed by atoms with van der Waals surface area (Å²) in [7, 11) is 0. The highest BCUT2D eigenvalue weighted by molar-refractivity contribution is 5.99. The zero-order chi connectivity index (χ0) is 36.7. The van der Waals surface area contributed by atoms with E-state index in [1.807, 2.05) is 0 Å². The monoisotopic (exact) mass is 712 g/mol. The van der Waals surface area contributed by atoms with E-state index in [1.165, 1.54) is 135 Å². The van der Waals surface area contributed by atoms with Crippen LogP contribution in [-0.4, -0.2) is 0 Å². The molecule has 11 rings (SSSR count). The number of rotatable bonds is 6. The molecule has 0 radical (unpaired) electrons. The predicted molar refractivity (Wildman–Crippen MR) is 232 cm³/mol. The number of hydrogen-bond donors (Lipinski definition) is 0. The summed E-state index contributed by atoms with van der Waals surface area (Å²) in [5.74, 6) is 3.32. The molecule has 3 saturated carbocycles. The second kappa shape index (κ2) is 13.1. The van der Waals surface area contributed by atoms with Crippen LogP contribution in [0, 0.1) is 11.8 Å². The van der Waals surface area contributed by atoms with Crippen LogP contribution in [0.15, 0.2) is 140 Å². The molecule has 4 aliphatic carbocycles. The Balaban J connectivity index is 1.14. The number of benzene rings is 7. The lowest BCUT2D eigenvalue weighted by molar-refractivity contribution is 0.420. The van der Waals surface area contributed by atoms with Crippen LogP contribution in [0.25, 0.3) is 43.8 Å². The Bertz CT molecular complexity index is 2570. The fourth-order valence-corrected chi connectivity index (χ4v) is 12.0. The van der Waals surface area contributed by atoms with Crippen LogP contribution in [0.1, 0.15) is 128 Å². The molecule has 0 spiro atoms. The van der Waals surface area contributed by atoms with Gasteiger partial charge in [0.1, 0.15) is 0 Å². The van der Waals surface area contributed by atoms with Gasteiger partial charge in [0.2, 0.25) is 0 Å². The number of fused-ring (bicyclic) bond motifs is 7. The molecule has 0 amide bonds. The summed E-state index contributed by atoms with van der Waals surface area (Å²) >= 11 is 0.